The van der Waals surface area contributed by atoms with Crippen molar-refractivity contribution in [1.29, 1.82) is 0 Å². The molecule has 174 valence electrons. The van der Waals surface area contributed by atoms with Crippen LogP contribution in [-0.2, 0) is 6.54 Å². The number of tetrazole rings is 1. The van der Waals surface area contributed by atoms with Crippen molar-refractivity contribution < 1.29 is 14.3 Å². The van der Waals surface area contributed by atoms with Gasteiger partial charge in [0.25, 0.3) is 5.91 Å². The van der Waals surface area contributed by atoms with E-state index < -0.39 is 0 Å². The van der Waals surface area contributed by atoms with Crippen LogP contribution in [0.3, 0.4) is 0 Å². The third kappa shape index (κ3) is 4.98. The first-order chi connectivity index (χ1) is 16.0. The lowest BCUT2D eigenvalue weighted by Gasteiger charge is -2.37. The zero-order valence-electron chi connectivity index (χ0n) is 19.5. The number of carbonyl (C=O) groups excluding carboxylic acids is 1. The number of hydrogen-bond donors (Lipinski definition) is 1. The predicted molar refractivity (Wildman–Crippen MR) is 125 cm³/mol. The Kier molecular flexibility index (Phi) is 6.88. The topological polar surface area (TPSA) is 94.4 Å². The fraction of sp³-hybridized carbons (Fsp3) is 0.417. The van der Waals surface area contributed by atoms with Gasteiger partial charge in [0, 0.05) is 29.6 Å². The maximum atomic E-state index is 13.1. The number of aromatic nitrogens is 4. The molecule has 4 rings (SSSR count). The number of nitrogens with one attached hydrogen (secondary N) is 1. The second kappa shape index (κ2) is 9.99. The van der Waals surface area contributed by atoms with Crippen LogP contribution in [0.25, 0.3) is 11.4 Å². The molecule has 1 fully saturated rings. The van der Waals surface area contributed by atoms with Crippen LogP contribution < -0.4 is 14.8 Å². The Morgan fingerprint density at radius 1 is 1.12 bits per heavy atom. The van der Waals surface area contributed by atoms with E-state index in [-0.39, 0.29) is 17.9 Å². The molecule has 1 saturated heterocycles. The molecule has 0 spiro atoms. The first kappa shape index (κ1) is 22.7. The molecule has 1 amide bonds. The van der Waals surface area contributed by atoms with Crippen LogP contribution in [0.5, 0.6) is 11.5 Å². The van der Waals surface area contributed by atoms with Gasteiger partial charge in [-0.1, -0.05) is 18.2 Å². The number of aryl methyl sites for hydroxylation is 1. The van der Waals surface area contributed by atoms with Crippen LogP contribution in [0.15, 0.2) is 42.5 Å². The summed E-state index contributed by atoms with van der Waals surface area (Å²) in [6.07, 6.45) is 0.864. The van der Waals surface area contributed by atoms with Gasteiger partial charge in [0.15, 0.2) is 11.5 Å². The number of ether oxygens (including phenoxy) is 2. The molecular formula is C24H30N6O3. The van der Waals surface area contributed by atoms with Gasteiger partial charge in [-0.05, 0) is 62.0 Å². The fourth-order valence-electron chi connectivity index (χ4n) is 4.22. The predicted octanol–water partition coefficient (Wildman–Crippen LogP) is 2.59. The van der Waals surface area contributed by atoms with Crippen LogP contribution in [0.1, 0.15) is 35.2 Å². The highest BCUT2D eigenvalue weighted by molar-refractivity contribution is 5.94. The van der Waals surface area contributed by atoms with Gasteiger partial charge in [-0.25, -0.2) is 0 Å². The number of nitrogens with zero attached hydrogens (tertiary/aromatic N) is 5. The highest BCUT2D eigenvalue weighted by Gasteiger charge is 2.31. The molecule has 0 unspecified atom stereocenters. The van der Waals surface area contributed by atoms with E-state index in [1.165, 1.54) is 4.80 Å². The molecule has 1 aromatic heterocycles. The number of likely N-dealkylation sites (N-methyl/N-ethyl adjacent to an activating group) is 1. The van der Waals surface area contributed by atoms with Gasteiger partial charge >= 0.3 is 0 Å². The quantitative estimate of drug-likeness (QED) is 0.591. The molecular weight excluding hydrogens is 420 g/mol. The highest BCUT2D eigenvalue weighted by Crippen LogP contribution is 2.34. The molecule has 3 aromatic rings. The molecule has 0 aliphatic carbocycles. The number of carbonyl (C=O) groups is 1. The van der Waals surface area contributed by atoms with E-state index in [1.54, 1.807) is 26.4 Å². The van der Waals surface area contributed by atoms with Gasteiger partial charge in [0.1, 0.15) is 0 Å². The van der Waals surface area contributed by atoms with Gasteiger partial charge in [0.05, 0.1) is 20.8 Å². The fourth-order valence-corrected chi connectivity index (χ4v) is 4.22. The number of hydrogen-bond acceptors (Lipinski definition) is 7. The first-order valence-corrected chi connectivity index (χ1v) is 11.1. The van der Waals surface area contributed by atoms with E-state index in [1.807, 2.05) is 31.2 Å². The van der Waals surface area contributed by atoms with E-state index in [9.17, 15) is 4.79 Å². The van der Waals surface area contributed by atoms with Gasteiger partial charge in [-0.2, -0.15) is 4.80 Å². The number of benzene rings is 2. The van der Waals surface area contributed by atoms with Crippen molar-refractivity contribution in [1.82, 2.24) is 30.4 Å². The van der Waals surface area contributed by atoms with Crippen molar-refractivity contribution >= 4 is 5.91 Å². The Balaban J connectivity index is 1.50. The van der Waals surface area contributed by atoms with Gasteiger partial charge in [-0.15, -0.1) is 10.2 Å². The largest absolute Gasteiger partial charge is 0.493 e. The molecule has 0 saturated carbocycles. The summed E-state index contributed by atoms with van der Waals surface area (Å²) < 4.78 is 10.9. The average Bonchev–Trinajstić information content (AvgIpc) is 3.34. The van der Waals surface area contributed by atoms with E-state index in [2.05, 4.69) is 38.7 Å². The molecule has 33 heavy (non-hydrogen) atoms. The van der Waals surface area contributed by atoms with Crippen molar-refractivity contribution in [2.75, 3.05) is 34.4 Å². The number of rotatable bonds is 7. The van der Waals surface area contributed by atoms with Crippen LogP contribution in [0, 0.1) is 0 Å². The molecule has 9 nitrogen and oxygen atoms in total. The molecule has 0 bridgehead atoms. The molecule has 2 atom stereocenters. The maximum Gasteiger partial charge on any atom is 0.251 e. The van der Waals surface area contributed by atoms with Crippen molar-refractivity contribution in [3.63, 3.8) is 0 Å². The number of piperidine rings is 1. The summed E-state index contributed by atoms with van der Waals surface area (Å²) in [5.74, 6) is 1.98. The average molecular weight is 451 g/mol. The summed E-state index contributed by atoms with van der Waals surface area (Å²) in [7, 11) is 5.37. The molecule has 1 N–H and O–H groups in total. The minimum atomic E-state index is -0.0910. The smallest absolute Gasteiger partial charge is 0.251 e. The zero-order chi connectivity index (χ0) is 23.4. The Morgan fingerprint density at radius 3 is 2.55 bits per heavy atom. The Morgan fingerprint density at radius 2 is 1.88 bits per heavy atom. The summed E-state index contributed by atoms with van der Waals surface area (Å²) in [6.45, 7) is 4.38. The normalized spacial score (nSPS) is 18.7. The van der Waals surface area contributed by atoms with Gasteiger partial charge in [0.2, 0.25) is 5.82 Å². The van der Waals surface area contributed by atoms with Gasteiger partial charge < -0.3 is 19.7 Å². The van der Waals surface area contributed by atoms with E-state index in [0.717, 1.165) is 30.6 Å². The first-order valence-electron chi connectivity index (χ1n) is 11.1. The summed E-state index contributed by atoms with van der Waals surface area (Å²) in [6, 6.07) is 13.3. The minimum Gasteiger partial charge on any atom is -0.493 e. The lowest BCUT2D eigenvalue weighted by atomic mass is 9.85. The summed E-state index contributed by atoms with van der Waals surface area (Å²) in [4.78, 5) is 16.9. The number of methoxy groups -OCH3 is 2. The Hall–Kier alpha value is -3.46. The van der Waals surface area contributed by atoms with Crippen LogP contribution >= 0.6 is 0 Å². The number of likely N-dealkylation sites (tertiary alicyclic amines) is 1. The number of amides is 1. The van der Waals surface area contributed by atoms with Crippen molar-refractivity contribution in [3.05, 3.63) is 53.6 Å². The van der Waals surface area contributed by atoms with Crippen LogP contribution in [0.2, 0.25) is 0 Å². The van der Waals surface area contributed by atoms with Crippen molar-refractivity contribution in [3.8, 4) is 22.9 Å². The molecule has 9 heteroatoms. The third-order valence-electron chi connectivity index (χ3n) is 6.11. The summed E-state index contributed by atoms with van der Waals surface area (Å²) in [5.41, 5.74) is 2.55. The van der Waals surface area contributed by atoms with Crippen LogP contribution in [0.4, 0.5) is 0 Å². The summed E-state index contributed by atoms with van der Waals surface area (Å²) in [5, 5.41) is 15.6. The molecule has 0 radical (unpaired) electrons. The highest BCUT2D eigenvalue weighted by atomic mass is 16.5. The van der Waals surface area contributed by atoms with E-state index in [4.69, 9.17) is 9.47 Å². The maximum absolute atomic E-state index is 13.1. The second-order valence-corrected chi connectivity index (χ2v) is 8.23. The second-order valence-electron chi connectivity index (χ2n) is 8.23. The SMILES string of the molecule is CCn1nnc(-c2ccc(C(=O)N[C@@H]3CCN(C)C[C@@H]3c3ccc(OC)c(OC)c3)cc2)n1. The molecule has 1 aliphatic rings. The molecule has 2 aromatic carbocycles. The third-order valence-corrected chi connectivity index (χ3v) is 6.11. The molecule has 2 heterocycles. The van der Waals surface area contributed by atoms with Gasteiger partial charge in [-0.3, -0.25) is 4.79 Å². The van der Waals surface area contributed by atoms with Crippen molar-refractivity contribution in [2.24, 2.45) is 0 Å². The summed E-state index contributed by atoms with van der Waals surface area (Å²) >= 11 is 0. The Bertz CT molecular complexity index is 1100. The lowest BCUT2D eigenvalue weighted by molar-refractivity contribution is 0.0904. The zero-order valence-corrected chi connectivity index (χ0v) is 19.5. The van der Waals surface area contributed by atoms with Crippen LogP contribution in [-0.4, -0.2) is 71.4 Å². The van der Waals surface area contributed by atoms with E-state index in [0.29, 0.717) is 29.4 Å². The lowest BCUT2D eigenvalue weighted by Crippen LogP contribution is -2.48. The standard InChI is InChI=1S/C24H30N6O3/c1-5-30-27-23(26-28-30)16-6-8-17(9-7-16)24(31)25-20-12-13-29(2)15-19(20)18-10-11-21(32-3)22(14-18)33-4/h6-11,14,19-20H,5,12-13,15H2,1-4H3,(H,25,31)/t19-,20-/m1/s1. The van der Waals surface area contributed by atoms with Crippen molar-refractivity contribution in [2.45, 2.75) is 31.8 Å². The Labute approximate surface area is 193 Å². The monoisotopic (exact) mass is 450 g/mol. The molecule has 1 aliphatic heterocycles. The van der Waals surface area contributed by atoms with E-state index >= 15 is 0 Å². The minimum absolute atomic E-state index is 0.0117.